The topological polar surface area (TPSA) is 88.9 Å². The van der Waals surface area contributed by atoms with Crippen molar-refractivity contribution in [3.8, 4) is 0 Å². The fourth-order valence-corrected chi connectivity index (χ4v) is 3.44. The van der Waals surface area contributed by atoms with E-state index < -0.39 is 0 Å². The highest BCUT2D eigenvalue weighted by Crippen LogP contribution is 2.26. The van der Waals surface area contributed by atoms with Gasteiger partial charge in [-0.1, -0.05) is 12.1 Å². The minimum absolute atomic E-state index is 0.0495. The molecule has 4 rings (SSSR count). The zero-order valence-electron chi connectivity index (χ0n) is 16.4. The number of aromatic nitrogens is 3. The number of anilines is 1. The maximum absolute atomic E-state index is 12.2. The van der Waals surface area contributed by atoms with E-state index in [-0.39, 0.29) is 11.8 Å². The summed E-state index contributed by atoms with van der Waals surface area (Å²) in [6.45, 7) is 0. The summed E-state index contributed by atoms with van der Waals surface area (Å²) in [5, 5.41) is 14.5. The van der Waals surface area contributed by atoms with Crippen molar-refractivity contribution in [3.63, 3.8) is 0 Å². The molecule has 0 unspecified atom stereocenters. The number of nitrogens with zero attached hydrogens (tertiary/aromatic N) is 3. The summed E-state index contributed by atoms with van der Waals surface area (Å²) in [4.78, 5) is 25.2. The van der Waals surface area contributed by atoms with Crippen molar-refractivity contribution in [3.05, 3.63) is 72.1 Å². The Labute approximate surface area is 178 Å². The van der Waals surface area contributed by atoms with Gasteiger partial charge in [-0.25, -0.2) is 0 Å². The molecule has 2 aromatic carbocycles. The molecular formula is C22H21N5O2S. The van der Waals surface area contributed by atoms with E-state index >= 15 is 0 Å². The fraction of sp³-hybridized carbons (Fsp3) is 0.182. The number of benzene rings is 2. The minimum Gasteiger partial charge on any atom is -0.349 e. The molecule has 1 aliphatic rings. The number of carbonyl (C=O) groups excluding carboxylic acids is 2. The molecule has 30 heavy (non-hydrogen) atoms. The molecule has 0 saturated heterocycles. The van der Waals surface area contributed by atoms with Crippen molar-refractivity contribution in [2.75, 3.05) is 5.32 Å². The third-order valence-electron chi connectivity index (χ3n) is 4.51. The van der Waals surface area contributed by atoms with E-state index in [1.165, 1.54) is 17.8 Å². The zero-order valence-corrected chi connectivity index (χ0v) is 17.2. The molecule has 8 heteroatoms. The molecule has 1 saturated carbocycles. The van der Waals surface area contributed by atoms with Crippen molar-refractivity contribution in [2.45, 2.75) is 28.9 Å². The molecule has 0 aliphatic heterocycles. The molecule has 7 nitrogen and oxygen atoms in total. The van der Waals surface area contributed by atoms with Crippen molar-refractivity contribution in [2.24, 2.45) is 7.05 Å². The van der Waals surface area contributed by atoms with Gasteiger partial charge in [-0.3, -0.25) is 9.59 Å². The smallest absolute Gasteiger partial charge is 0.251 e. The number of hydrogen-bond donors (Lipinski definition) is 2. The summed E-state index contributed by atoms with van der Waals surface area (Å²) in [5.74, 6) is -0.272. The Bertz CT molecular complexity index is 1070. The maximum atomic E-state index is 12.2. The highest BCUT2D eigenvalue weighted by Gasteiger charge is 2.23. The Morgan fingerprint density at radius 2 is 1.83 bits per heavy atom. The molecular weight excluding hydrogens is 398 g/mol. The standard InChI is InChI=1S/C22H21N5O2S/c1-27-14-23-26-22(27)30-19-11-9-17(10-12-19)24-20(28)13-4-15-2-5-16(6-3-15)21(29)25-18-7-8-18/h2-6,9-14,18H,7-8H2,1H3,(H,24,28)(H,25,29)/b13-4+. The van der Waals surface area contributed by atoms with Gasteiger partial charge in [0.05, 0.1) is 0 Å². The van der Waals surface area contributed by atoms with Crippen molar-refractivity contribution in [1.82, 2.24) is 20.1 Å². The summed E-state index contributed by atoms with van der Waals surface area (Å²) in [6.07, 6.45) is 6.97. The average molecular weight is 420 g/mol. The average Bonchev–Trinajstić information content (AvgIpc) is 3.48. The number of hydrogen-bond acceptors (Lipinski definition) is 5. The number of carbonyl (C=O) groups is 2. The second kappa shape index (κ2) is 8.96. The minimum atomic E-state index is -0.223. The Kier molecular flexibility index (Phi) is 5.94. The largest absolute Gasteiger partial charge is 0.349 e. The van der Waals surface area contributed by atoms with E-state index in [2.05, 4.69) is 20.8 Å². The molecule has 0 radical (unpaired) electrons. The third kappa shape index (κ3) is 5.36. The normalized spacial score (nSPS) is 13.4. The lowest BCUT2D eigenvalue weighted by Crippen LogP contribution is -2.25. The quantitative estimate of drug-likeness (QED) is 0.572. The summed E-state index contributed by atoms with van der Waals surface area (Å²) in [5.41, 5.74) is 2.19. The molecule has 1 fully saturated rings. The summed E-state index contributed by atoms with van der Waals surface area (Å²) in [7, 11) is 1.89. The van der Waals surface area contributed by atoms with E-state index in [1.807, 2.05) is 48.0 Å². The number of amides is 2. The van der Waals surface area contributed by atoms with Crippen LogP contribution < -0.4 is 10.6 Å². The van der Waals surface area contributed by atoms with Gasteiger partial charge in [0, 0.05) is 35.3 Å². The number of rotatable bonds is 7. The Morgan fingerprint density at radius 3 is 2.47 bits per heavy atom. The van der Waals surface area contributed by atoms with Crippen LogP contribution in [0.15, 0.2) is 71.0 Å². The highest BCUT2D eigenvalue weighted by molar-refractivity contribution is 7.99. The first-order valence-corrected chi connectivity index (χ1v) is 10.4. The number of aryl methyl sites for hydroxylation is 1. The van der Waals surface area contributed by atoms with Gasteiger partial charge in [-0.05, 0) is 72.6 Å². The SMILES string of the molecule is Cn1cnnc1Sc1ccc(NC(=O)/C=C/c2ccc(C(=O)NC3CC3)cc2)cc1. The first kappa shape index (κ1) is 19.9. The van der Waals surface area contributed by atoms with Crippen molar-refractivity contribution < 1.29 is 9.59 Å². The van der Waals surface area contributed by atoms with Gasteiger partial charge in [0.1, 0.15) is 6.33 Å². The lowest BCUT2D eigenvalue weighted by Gasteiger charge is -2.05. The van der Waals surface area contributed by atoms with Gasteiger partial charge in [0.15, 0.2) is 5.16 Å². The summed E-state index contributed by atoms with van der Waals surface area (Å²) in [6, 6.07) is 15.0. The molecule has 152 valence electrons. The van der Waals surface area contributed by atoms with Crippen LogP contribution in [-0.4, -0.2) is 32.6 Å². The molecule has 1 aliphatic carbocycles. The molecule has 0 bridgehead atoms. The first-order valence-electron chi connectivity index (χ1n) is 9.59. The highest BCUT2D eigenvalue weighted by atomic mass is 32.2. The lowest BCUT2D eigenvalue weighted by molar-refractivity contribution is -0.111. The Balaban J connectivity index is 1.29. The molecule has 3 aromatic rings. The van der Waals surface area contributed by atoms with E-state index in [1.54, 1.807) is 24.5 Å². The van der Waals surface area contributed by atoms with E-state index in [0.29, 0.717) is 17.3 Å². The van der Waals surface area contributed by atoms with Crippen molar-refractivity contribution >= 4 is 35.3 Å². The van der Waals surface area contributed by atoms with Crippen LogP contribution in [0, 0.1) is 0 Å². The second-order valence-corrected chi connectivity index (χ2v) is 8.08. The van der Waals surface area contributed by atoms with Gasteiger partial charge < -0.3 is 15.2 Å². The zero-order chi connectivity index (χ0) is 20.9. The maximum Gasteiger partial charge on any atom is 0.251 e. The lowest BCUT2D eigenvalue weighted by atomic mass is 10.1. The molecule has 1 aromatic heterocycles. The van der Waals surface area contributed by atoms with Crippen LogP contribution in [0.5, 0.6) is 0 Å². The van der Waals surface area contributed by atoms with Gasteiger partial charge in [-0.2, -0.15) is 0 Å². The van der Waals surface area contributed by atoms with Gasteiger partial charge in [0.2, 0.25) is 5.91 Å². The van der Waals surface area contributed by atoms with Crippen LogP contribution in [0.4, 0.5) is 5.69 Å². The van der Waals surface area contributed by atoms with Gasteiger partial charge in [0.25, 0.3) is 5.91 Å². The van der Waals surface area contributed by atoms with Gasteiger partial charge >= 0.3 is 0 Å². The van der Waals surface area contributed by atoms with Gasteiger partial charge in [-0.15, -0.1) is 10.2 Å². The second-order valence-electron chi connectivity index (χ2n) is 7.04. The van der Waals surface area contributed by atoms with Crippen LogP contribution >= 0.6 is 11.8 Å². The van der Waals surface area contributed by atoms with E-state index in [0.717, 1.165) is 28.5 Å². The van der Waals surface area contributed by atoms with Crippen molar-refractivity contribution in [1.29, 1.82) is 0 Å². The predicted molar refractivity (Wildman–Crippen MR) is 116 cm³/mol. The molecule has 0 spiro atoms. The fourth-order valence-electron chi connectivity index (χ4n) is 2.67. The third-order valence-corrected chi connectivity index (χ3v) is 5.57. The van der Waals surface area contributed by atoms with Crippen LogP contribution in [0.2, 0.25) is 0 Å². The monoisotopic (exact) mass is 419 g/mol. The summed E-state index contributed by atoms with van der Waals surface area (Å²) >= 11 is 1.50. The molecule has 2 N–H and O–H groups in total. The Hall–Kier alpha value is -3.39. The van der Waals surface area contributed by atoms with Crippen LogP contribution in [-0.2, 0) is 11.8 Å². The molecule has 0 atom stereocenters. The summed E-state index contributed by atoms with van der Waals surface area (Å²) < 4.78 is 1.84. The van der Waals surface area contributed by atoms with E-state index in [4.69, 9.17) is 0 Å². The Morgan fingerprint density at radius 1 is 1.10 bits per heavy atom. The first-order chi connectivity index (χ1) is 14.6. The predicted octanol–water partition coefficient (Wildman–Crippen LogP) is 3.51. The van der Waals surface area contributed by atoms with Crippen LogP contribution in [0.3, 0.4) is 0 Å². The number of nitrogens with one attached hydrogen (secondary N) is 2. The van der Waals surface area contributed by atoms with Crippen LogP contribution in [0.1, 0.15) is 28.8 Å². The molecule has 1 heterocycles. The van der Waals surface area contributed by atoms with Crippen LogP contribution in [0.25, 0.3) is 6.08 Å². The molecule has 2 amide bonds. The van der Waals surface area contributed by atoms with E-state index in [9.17, 15) is 9.59 Å².